The number of thiophene rings is 1. The van der Waals surface area contributed by atoms with Gasteiger partial charge in [-0.3, -0.25) is 11.3 Å². The van der Waals surface area contributed by atoms with Crippen LogP contribution in [-0.2, 0) is 6.42 Å². The number of hydrazine groups is 1. The molecular weight excluding hydrogens is 311 g/mol. The molecular formula is C12H11Cl3N2S. The largest absolute Gasteiger partial charge is 0.271 e. The summed E-state index contributed by atoms with van der Waals surface area (Å²) >= 11 is 19.5. The van der Waals surface area contributed by atoms with E-state index in [0.29, 0.717) is 15.1 Å². The molecule has 0 saturated carbocycles. The lowest BCUT2D eigenvalue weighted by Gasteiger charge is -2.16. The SMILES string of the molecule is NNC(Cc1ccccc1Cl)c1cc(Cl)sc1Cl. The van der Waals surface area contributed by atoms with E-state index in [2.05, 4.69) is 5.43 Å². The van der Waals surface area contributed by atoms with Gasteiger partial charge < -0.3 is 0 Å². The summed E-state index contributed by atoms with van der Waals surface area (Å²) in [6, 6.07) is 9.38. The molecule has 2 rings (SSSR count). The Balaban J connectivity index is 2.25. The van der Waals surface area contributed by atoms with Crippen LogP contribution < -0.4 is 11.3 Å². The first-order valence-electron chi connectivity index (χ1n) is 5.26. The molecule has 96 valence electrons. The average molecular weight is 322 g/mol. The number of nitrogens with one attached hydrogen (secondary N) is 1. The van der Waals surface area contributed by atoms with Crippen molar-refractivity contribution in [3.8, 4) is 0 Å². The predicted octanol–water partition coefficient (Wildman–Crippen LogP) is 4.46. The first-order valence-corrected chi connectivity index (χ1v) is 7.21. The summed E-state index contributed by atoms with van der Waals surface area (Å²) in [5.41, 5.74) is 4.66. The van der Waals surface area contributed by atoms with Crippen molar-refractivity contribution < 1.29 is 0 Å². The monoisotopic (exact) mass is 320 g/mol. The van der Waals surface area contributed by atoms with Crippen molar-refractivity contribution in [1.82, 2.24) is 5.43 Å². The van der Waals surface area contributed by atoms with Crippen molar-refractivity contribution in [1.29, 1.82) is 0 Å². The molecule has 0 aliphatic rings. The molecule has 0 amide bonds. The van der Waals surface area contributed by atoms with Gasteiger partial charge in [-0.1, -0.05) is 53.0 Å². The predicted molar refractivity (Wildman–Crippen MR) is 79.6 cm³/mol. The zero-order valence-corrected chi connectivity index (χ0v) is 12.4. The van der Waals surface area contributed by atoms with Crippen LogP contribution in [0.15, 0.2) is 30.3 Å². The number of hydrogen-bond acceptors (Lipinski definition) is 3. The summed E-state index contributed by atoms with van der Waals surface area (Å²) < 4.78 is 1.30. The van der Waals surface area contributed by atoms with Gasteiger partial charge in [-0.2, -0.15) is 0 Å². The van der Waals surface area contributed by atoms with E-state index in [-0.39, 0.29) is 6.04 Å². The van der Waals surface area contributed by atoms with Gasteiger partial charge in [0.2, 0.25) is 0 Å². The molecule has 1 unspecified atom stereocenters. The van der Waals surface area contributed by atoms with E-state index < -0.39 is 0 Å². The molecule has 3 N–H and O–H groups in total. The lowest BCUT2D eigenvalue weighted by atomic mass is 10.0. The van der Waals surface area contributed by atoms with E-state index in [1.807, 2.05) is 30.3 Å². The van der Waals surface area contributed by atoms with Gasteiger partial charge >= 0.3 is 0 Å². The topological polar surface area (TPSA) is 38.0 Å². The minimum absolute atomic E-state index is 0.110. The Labute approximate surface area is 125 Å². The Morgan fingerprint density at radius 3 is 2.50 bits per heavy atom. The van der Waals surface area contributed by atoms with E-state index in [1.165, 1.54) is 11.3 Å². The smallest absolute Gasteiger partial charge is 0.0992 e. The fourth-order valence-corrected chi connectivity index (χ4v) is 3.53. The molecule has 0 fully saturated rings. The van der Waals surface area contributed by atoms with Crippen molar-refractivity contribution in [3.05, 3.63) is 55.2 Å². The fourth-order valence-electron chi connectivity index (χ4n) is 1.73. The molecule has 1 aromatic heterocycles. The number of halogens is 3. The van der Waals surface area contributed by atoms with E-state index in [1.54, 1.807) is 0 Å². The zero-order chi connectivity index (χ0) is 13.1. The number of hydrogen-bond donors (Lipinski definition) is 2. The third kappa shape index (κ3) is 3.18. The molecule has 1 aromatic carbocycles. The molecule has 0 aliphatic heterocycles. The quantitative estimate of drug-likeness (QED) is 0.644. The van der Waals surface area contributed by atoms with E-state index in [9.17, 15) is 0 Å². The van der Waals surface area contributed by atoms with Crippen LogP contribution in [0.5, 0.6) is 0 Å². The molecule has 0 aliphatic carbocycles. The van der Waals surface area contributed by atoms with Crippen LogP contribution in [0.4, 0.5) is 0 Å². The van der Waals surface area contributed by atoms with E-state index >= 15 is 0 Å². The molecule has 2 nitrogen and oxygen atoms in total. The number of rotatable bonds is 4. The molecule has 18 heavy (non-hydrogen) atoms. The second-order valence-electron chi connectivity index (χ2n) is 3.79. The zero-order valence-electron chi connectivity index (χ0n) is 9.29. The summed E-state index contributed by atoms with van der Waals surface area (Å²) in [4.78, 5) is 0. The summed E-state index contributed by atoms with van der Waals surface area (Å²) in [5.74, 6) is 5.59. The molecule has 1 atom stereocenters. The summed E-state index contributed by atoms with van der Waals surface area (Å²) in [7, 11) is 0. The van der Waals surface area contributed by atoms with Gasteiger partial charge in [0.15, 0.2) is 0 Å². The minimum atomic E-state index is -0.110. The van der Waals surface area contributed by atoms with Crippen LogP contribution in [0, 0.1) is 0 Å². The lowest BCUT2D eigenvalue weighted by molar-refractivity contribution is 0.554. The highest BCUT2D eigenvalue weighted by molar-refractivity contribution is 7.20. The maximum Gasteiger partial charge on any atom is 0.0992 e. The van der Waals surface area contributed by atoms with Crippen LogP contribution in [-0.4, -0.2) is 0 Å². The number of nitrogens with two attached hydrogens (primary N) is 1. The maximum atomic E-state index is 6.13. The van der Waals surface area contributed by atoms with Crippen LogP contribution in [0.2, 0.25) is 13.7 Å². The highest BCUT2D eigenvalue weighted by Gasteiger charge is 2.17. The van der Waals surface area contributed by atoms with Gasteiger partial charge in [0.1, 0.15) is 0 Å². The Morgan fingerprint density at radius 1 is 1.22 bits per heavy atom. The van der Waals surface area contributed by atoms with Crippen LogP contribution in [0.25, 0.3) is 0 Å². The second kappa shape index (κ2) is 6.24. The first-order chi connectivity index (χ1) is 8.61. The summed E-state index contributed by atoms with van der Waals surface area (Å²) in [6.07, 6.45) is 0.656. The first kappa shape index (κ1) is 14.1. The van der Waals surface area contributed by atoms with Crippen LogP contribution >= 0.6 is 46.1 Å². The van der Waals surface area contributed by atoms with Crippen molar-refractivity contribution in [3.63, 3.8) is 0 Å². The number of benzene rings is 1. The Kier molecular flexibility index (Phi) is 4.90. The molecule has 0 radical (unpaired) electrons. The molecule has 0 saturated heterocycles. The molecule has 2 aromatic rings. The van der Waals surface area contributed by atoms with Crippen LogP contribution in [0.3, 0.4) is 0 Å². The van der Waals surface area contributed by atoms with Crippen LogP contribution in [0.1, 0.15) is 17.2 Å². The van der Waals surface area contributed by atoms with E-state index in [4.69, 9.17) is 40.6 Å². The lowest BCUT2D eigenvalue weighted by Crippen LogP contribution is -2.29. The van der Waals surface area contributed by atoms with E-state index in [0.717, 1.165) is 16.1 Å². The molecule has 1 heterocycles. The normalized spacial score (nSPS) is 12.7. The Hall–Kier alpha value is -0.290. The fraction of sp³-hybridized carbons (Fsp3) is 0.167. The molecule has 0 spiro atoms. The Bertz CT molecular complexity index is 542. The highest BCUT2D eigenvalue weighted by atomic mass is 35.5. The summed E-state index contributed by atoms with van der Waals surface area (Å²) in [6.45, 7) is 0. The highest BCUT2D eigenvalue weighted by Crippen LogP contribution is 2.36. The maximum absolute atomic E-state index is 6.13. The summed E-state index contributed by atoms with van der Waals surface area (Å²) in [5, 5.41) is 0.718. The van der Waals surface area contributed by atoms with Gasteiger partial charge in [-0.15, -0.1) is 11.3 Å². The molecule has 0 bridgehead atoms. The average Bonchev–Trinajstić information content (AvgIpc) is 2.67. The third-order valence-electron chi connectivity index (χ3n) is 2.64. The van der Waals surface area contributed by atoms with Gasteiger partial charge in [-0.05, 0) is 24.1 Å². The minimum Gasteiger partial charge on any atom is -0.271 e. The van der Waals surface area contributed by atoms with Gasteiger partial charge in [0.05, 0.1) is 14.7 Å². The standard InChI is InChI=1S/C12H11Cl3N2S/c13-9-4-2-1-3-7(9)5-10(17-16)8-6-11(14)18-12(8)15/h1-4,6,10,17H,5,16H2. The van der Waals surface area contributed by atoms with Crippen molar-refractivity contribution in [2.75, 3.05) is 0 Å². The van der Waals surface area contributed by atoms with Crippen molar-refractivity contribution in [2.45, 2.75) is 12.5 Å². The molecule has 6 heteroatoms. The van der Waals surface area contributed by atoms with Crippen molar-refractivity contribution in [2.24, 2.45) is 5.84 Å². The van der Waals surface area contributed by atoms with Gasteiger partial charge in [-0.25, -0.2) is 0 Å². The van der Waals surface area contributed by atoms with Gasteiger partial charge in [0.25, 0.3) is 0 Å². The van der Waals surface area contributed by atoms with Gasteiger partial charge in [0, 0.05) is 10.6 Å². The second-order valence-corrected chi connectivity index (χ2v) is 6.49. The van der Waals surface area contributed by atoms with Crippen molar-refractivity contribution >= 4 is 46.1 Å². The third-order valence-corrected chi connectivity index (χ3v) is 4.53. The Morgan fingerprint density at radius 2 is 1.94 bits per heavy atom.